The molecule has 1 aromatic heterocycles. The Morgan fingerprint density at radius 3 is 2.76 bits per heavy atom. The first kappa shape index (κ1) is 20.3. The van der Waals surface area contributed by atoms with Crippen LogP contribution in [0.3, 0.4) is 0 Å². The Labute approximate surface area is 169 Å². The van der Waals surface area contributed by atoms with Gasteiger partial charge >= 0.3 is 0 Å². The lowest BCUT2D eigenvalue weighted by Crippen LogP contribution is -2.42. The molecule has 0 aliphatic heterocycles. The third-order valence-electron chi connectivity index (χ3n) is 4.78. The maximum Gasteiger partial charge on any atom is 0.252 e. The summed E-state index contributed by atoms with van der Waals surface area (Å²) in [7, 11) is 0. The molecule has 152 valence electrons. The van der Waals surface area contributed by atoms with Crippen LogP contribution in [0, 0.1) is 5.41 Å². The minimum atomic E-state index is -0.564. The molecule has 9 heteroatoms. The minimum Gasteiger partial charge on any atom is -0.366 e. The number of hydrazone groups is 1. The van der Waals surface area contributed by atoms with E-state index in [9.17, 15) is 4.79 Å². The zero-order chi connectivity index (χ0) is 20.6. The Kier molecular flexibility index (Phi) is 6.75. The highest BCUT2D eigenvalue weighted by atomic mass is 16.1. The van der Waals surface area contributed by atoms with Crippen LogP contribution in [-0.4, -0.2) is 35.4 Å². The Balaban J connectivity index is 1.81. The quantitative estimate of drug-likeness (QED) is 0.299. The van der Waals surface area contributed by atoms with E-state index in [1.54, 1.807) is 12.1 Å². The number of hydrogen-bond acceptors (Lipinski definition) is 8. The van der Waals surface area contributed by atoms with Gasteiger partial charge in [0.25, 0.3) is 5.91 Å². The van der Waals surface area contributed by atoms with Gasteiger partial charge in [0.15, 0.2) is 0 Å². The third kappa shape index (κ3) is 5.52. The SMILES string of the molecule is N=C/C=N\Nc1cccc(Nc2nc(N[C@@H]3CCCC[C@@H]3N)ccc2C(N)=O)c1. The second-order valence-corrected chi connectivity index (χ2v) is 6.92. The number of aromatic nitrogens is 1. The number of nitrogens with two attached hydrogens (primary N) is 2. The van der Waals surface area contributed by atoms with Crippen LogP contribution in [0.2, 0.25) is 0 Å². The molecule has 1 aliphatic carbocycles. The molecule has 1 fully saturated rings. The summed E-state index contributed by atoms with van der Waals surface area (Å²) in [4.78, 5) is 16.4. The molecule has 1 amide bonds. The number of nitrogens with one attached hydrogen (secondary N) is 4. The van der Waals surface area contributed by atoms with E-state index in [2.05, 4.69) is 26.1 Å². The molecule has 0 radical (unpaired) electrons. The zero-order valence-corrected chi connectivity index (χ0v) is 16.1. The van der Waals surface area contributed by atoms with Crippen molar-refractivity contribution in [1.29, 1.82) is 5.41 Å². The summed E-state index contributed by atoms with van der Waals surface area (Å²) in [5.41, 5.74) is 16.3. The molecular weight excluding hydrogens is 368 g/mol. The van der Waals surface area contributed by atoms with Crippen LogP contribution in [-0.2, 0) is 0 Å². The number of benzene rings is 1. The van der Waals surface area contributed by atoms with Crippen LogP contribution in [0.5, 0.6) is 0 Å². The Morgan fingerprint density at radius 1 is 1.21 bits per heavy atom. The van der Waals surface area contributed by atoms with Crippen LogP contribution < -0.4 is 27.5 Å². The van der Waals surface area contributed by atoms with Gasteiger partial charge < -0.3 is 27.5 Å². The summed E-state index contributed by atoms with van der Waals surface area (Å²) in [6.07, 6.45) is 6.67. The number of carbonyl (C=O) groups is 1. The van der Waals surface area contributed by atoms with Crippen molar-refractivity contribution in [2.45, 2.75) is 37.8 Å². The van der Waals surface area contributed by atoms with E-state index >= 15 is 0 Å². The molecule has 2 atom stereocenters. The first-order valence-corrected chi connectivity index (χ1v) is 9.55. The third-order valence-corrected chi connectivity index (χ3v) is 4.78. The summed E-state index contributed by atoms with van der Waals surface area (Å²) in [5, 5.41) is 17.4. The van der Waals surface area contributed by atoms with Crippen LogP contribution in [0.1, 0.15) is 36.0 Å². The Morgan fingerprint density at radius 2 is 2.00 bits per heavy atom. The normalized spacial score (nSPS) is 18.9. The molecule has 1 aromatic carbocycles. The Bertz CT molecular complexity index is 898. The summed E-state index contributed by atoms with van der Waals surface area (Å²) < 4.78 is 0. The molecule has 0 unspecified atom stereocenters. The van der Waals surface area contributed by atoms with Gasteiger partial charge in [-0.1, -0.05) is 18.9 Å². The van der Waals surface area contributed by atoms with Gasteiger partial charge in [-0.2, -0.15) is 5.10 Å². The number of hydrogen-bond donors (Lipinski definition) is 6. The smallest absolute Gasteiger partial charge is 0.252 e. The molecule has 1 aliphatic rings. The number of rotatable bonds is 8. The van der Waals surface area contributed by atoms with Gasteiger partial charge in [-0.25, -0.2) is 4.98 Å². The minimum absolute atomic E-state index is 0.0852. The van der Waals surface area contributed by atoms with Gasteiger partial charge in [-0.3, -0.25) is 10.2 Å². The average Bonchev–Trinajstić information content (AvgIpc) is 2.70. The number of anilines is 4. The first-order chi connectivity index (χ1) is 14.1. The highest BCUT2D eigenvalue weighted by molar-refractivity contribution is 6.14. The van der Waals surface area contributed by atoms with Crippen molar-refractivity contribution in [3.8, 4) is 0 Å². The van der Waals surface area contributed by atoms with E-state index in [4.69, 9.17) is 16.9 Å². The van der Waals surface area contributed by atoms with Gasteiger partial charge in [-0.05, 0) is 43.2 Å². The van der Waals surface area contributed by atoms with E-state index in [0.29, 0.717) is 22.9 Å². The highest BCUT2D eigenvalue weighted by Crippen LogP contribution is 2.25. The maximum atomic E-state index is 11.9. The molecule has 0 spiro atoms. The van der Waals surface area contributed by atoms with Crippen LogP contribution >= 0.6 is 0 Å². The summed E-state index contributed by atoms with van der Waals surface area (Å²) in [6.45, 7) is 0. The fourth-order valence-corrected chi connectivity index (χ4v) is 3.31. The number of pyridine rings is 1. The second kappa shape index (κ2) is 9.65. The second-order valence-electron chi connectivity index (χ2n) is 6.92. The van der Waals surface area contributed by atoms with Gasteiger partial charge in [0.05, 0.1) is 17.5 Å². The molecule has 9 nitrogen and oxygen atoms in total. The van der Waals surface area contributed by atoms with Crippen molar-refractivity contribution < 1.29 is 4.79 Å². The predicted molar refractivity (Wildman–Crippen MR) is 117 cm³/mol. The predicted octanol–water partition coefficient (Wildman–Crippen LogP) is 2.65. The number of amides is 1. The van der Waals surface area contributed by atoms with E-state index < -0.39 is 5.91 Å². The summed E-state index contributed by atoms with van der Waals surface area (Å²) >= 11 is 0. The van der Waals surface area contributed by atoms with Gasteiger partial charge in [0.2, 0.25) is 0 Å². The Hall–Kier alpha value is -3.46. The van der Waals surface area contributed by atoms with Crippen LogP contribution in [0.15, 0.2) is 41.5 Å². The van der Waals surface area contributed by atoms with E-state index in [0.717, 1.165) is 37.6 Å². The van der Waals surface area contributed by atoms with Crippen LogP contribution in [0.4, 0.5) is 23.0 Å². The van der Waals surface area contributed by atoms with E-state index in [-0.39, 0.29) is 12.1 Å². The molecule has 8 N–H and O–H groups in total. The van der Waals surface area contributed by atoms with E-state index in [1.807, 2.05) is 24.3 Å². The largest absolute Gasteiger partial charge is 0.366 e. The van der Waals surface area contributed by atoms with Gasteiger partial charge in [-0.15, -0.1) is 0 Å². The van der Waals surface area contributed by atoms with Gasteiger partial charge in [0.1, 0.15) is 11.6 Å². The van der Waals surface area contributed by atoms with Crippen molar-refractivity contribution >= 4 is 41.3 Å². The molecule has 3 rings (SSSR count). The van der Waals surface area contributed by atoms with Crippen molar-refractivity contribution in [1.82, 2.24) is 4.98 Å². The van der Waals surface area contributed by atoms with Crippen molar-refractivity contribution in [3.05, 3.63) is 42.0 Å². The average molecular weight is 394 g/mol. The van der Waals surface area contributed by atoms with Crippen molar-refractivity contribution in [3.63, 3.8) is 0 Å². The van der Waals surface area contributed by atoms with E-state index in [1.165, 1.54) is 6.21 Å². The fourth-order valence-electron chi connectivity index (χ4n) is 3.31. The molecule has 0 bridgehead atoms. The summed E-state index contributed by atoms with van der Waals surface area (Å²) in [6, 6.07) is 11.0. The number of nitrogens with zero attached hydrogens (tertiary/aromatic N) is 2. The molecular formula is C20H26N8O. The summed E-state index contributed by atoms with van der Waals surface area (Å²) in [5.74, 6) is 0.447. The number of carbonyl (C=O) groups excluding carboxylic acids is 1. The maximum absolute atomic E-state index is 11.9. The standard InChI is InChI=1S/C20H26N8O/c21-10-11-24-28-14-5-3-4-13(12-14)25-20-15(19(23)29)8-9-18(27-20)26-17-7-2-1-6-16(17)22/h3-5,8-12,16-17,21,28H,1-2,6-7,22H2,(H2,23,29)(H2,25,26,27)/b21-10?,24-11-/t16-,17+/m0/s1. The lowest BCUT2D eigenvalue weighted by Gasteiger charge is -2.29. The number of primary amides is 1. The lowest BCUT2D eigenvalue weighted by atomic mass is 9.91. The zero-order valence-electron chi connectivity index (χ0n) is 16.1. The van der Waals surface area contributed by atoms with Gasteiger partial charge in [0, 0.05) is 24.0 Å². The van der Waals surface area contributed by atoms with Crippen molar-refractivity contribution in [2.75, 3.05) is 16.1 Å². The molecule has 2 aromatic rings. The molecule has 0 saturated heterocycles. The van der Waals surface area contributed by atoms with Crippen molar-refractivity contribution in [2.24, 2.45) is 16.6 Å². The molecule has 1 heterocycles. The first-order valence-electron chi connectivity index (χ1n) is 9.55. The monoisotopic (exact) mass is 394 g/mol. The lowest BCUT2D eigenvalue weighted by molar-refractivity contribution is 0.100. The molecule has 29 heavy (non-hydrogen) atoms. The molecule has 1 saturated carbocycles. The topological polar surface area (TPSA) is 154 Å². The highest BCUT2D eigenvalue weighted by Gasteiger charge is 2.22. The fraction of sp³-hybridized carbons (Fsp3) is 0.300. The van der Waals surface area contributed by atoms with Crippen LogP contribution in [0.25, 0.3) is 0 Å².